The van der Waals surface area contributed by atoms with E-state index in [2.05, 4.69) is 20.8 Å². The Labute approximate surface area is 191 Å². The highest BCUT2D eigenvalue weighted by atomic mass is 28.2. The van der Waals surface area contributed by atoms with Crippen molar-refractivity contribution in [1.29, 1.82) is 0 Å². The summed E-state index contributed by atoms with van der Waals surface area (Å²) in [6, 6.07) is 9.86. The number of hydrogen-bond donors (Lipinski definition) is 0. The van der Waals surface area contributed by atoms with E-state index in [9.17, 15) is 4.79 Å². The van der Waals surface area contributed by atoms with Gasteiger partial charge in [0.05, 0.1) is 22.1 Å². The summed E-state index contributed by atoms with van der Waals surface area (Å²) in [5, 5.41) is 0.200. The van der Waals surface area contributed by atoms with Crippen LogP contribution in [-0.2, 0) is 23.0 Å². The van der Waals surface area contributed by atoms with Crippen molar-refractivity contribution in [2.75, 3.05) is 0 Å². The fourth-order valence-electron chi connectivity index (χ4n) is 3.96. The van der Waals surface area contributed by atoms with Gasteiger partial charge in [-0.15, -0.1) is 0 Å². The second kappa shape index (κ2) is 8.91. The molecular formula is C26H33F2NO2Si. The first-order chi connectivity index (χ1) is 14.9. The lowest BCUT2D eigenvalue weighted by Gasteiger charge is -2.31. The van der Waals surface area contributed by atoms with Gasteiger partial charge in [0, 0.05) is 18.3 Å². The van der Waals surface area contributed by atoms with Crippen molar-refractivity contribution in [2.45, 2.75) is 72.1 Å². The lowest BCUT2D eigenvalue weighted by molar-refractivity contribution is 0.109. The Balaban J connectivity index is 2.21. The summed E-state index contributed by atoms with van der Waals surface area (Å²) in [5.74, 6) is -1.44. The van der Waals surface area contributed by atoms with Crippen LogP contribution in [0.15, 0.2) is 41.2 Å². The van der Waals surface area contributed by atoms with Crippen LogP contribution in [0.2, 0.25) is 5.04 Å². The van der Waals surface area contributed by atoms with Crippen molar-refractivity contribution in [3.05, 3.63) is 69.5 Å². The third kappa shape index (κ3) is 4.71. The van der Waals surface area contributed by atoms with Gasteiger partial charge < -0.3 is 8.99 Å². The standard InChI is InChI=1S/C26H33F2NO2Si/c1-8-18-14-21(30)19-15-20(27)22(23(28)24(19)29(18)9-2)16-11-10-12-17(13-16)26(6,7)31-32-25(3,4)5/h10-15H,8-9,32H2,1-7H3. The van der Waals surface area contributed by atoms with Gasteiger partial charge in [-0.25, -0.2) is 8.78 Å². The van der Waals surface area contributed by atoms with E-state index in [1.165, 1.54) is 12.1 Å². The minimum Gasteiger partial charge on any atom is -0.415 e. The van der Waals surface area contributed by atoms with Gasteiger partial charge >= 0.3 is 0 Å². The quantitative estimate of drug-likeness (QED) is 0.420. The van der Waals surface area contributed by atoms with Crippen molar-refractivity contribution in [3.63, 3.8) is 0 Å². The van der Waals surface area contributed by atoms with Crippen LogP contribution in [0.5, 0.6) is 0 Å². The predicted molar refractivity (Wildman–Crippen MR) is 131 cm³/mol. The molecule has 0 saturated carbocycles. The van der Waals surface area contributed by atoms with E-state index >= 15 is 8.78 Å². The van der Waals surface area contributed by atoms with Crippen LogP contribution >= 0.6 is 0 Å². The first-order valence-electron chi connectivity index (χ1n) is 11.2. The van der Waals surface area contributed by atoms with Crippen LogP contribution in [0.1, 0.15) is 59.7 Å². The molecule has 0 aliphatic heterocycles. The first-order valence-corrected chi connectivity index (χ1v) is 12.5. The van der Waals surface area contributed by atoms with Crippen molar-refractivity contribution in [3.8, 4) is 11.1 Å². The average Bonchev–Trinajstić information content (AvgIpc) is 2.72. The van der Waals surface area contributed by atoms with E-state index < -0.39 is 27.0 Å². The zero-order valence-electron chi connectivity index (χ0n) is 20.1. The van der Waals surface area contributed by atoms with Crippen LogP contribution in [0, 0.1) is 11.6 Å². The van der Waals surface area contributed by atoms with Crippen molar-refractivity contribution in [1.82, 2.24) is 4.57 Å². The summed E-state index contributed by atoms with van der Waals surface area (Å²) < 4.78 is 39.1. The summed E-state index contributed by atoms with van der Waals surface area (Å²) in [6.07, 6.45) is 0.587. The van der Waals surface area contributed by atoms with Crippen molar-refractivity contribution >= 4 is 20.7 Å². The monoisotopic (exact) mass is 457 g/mol. The topological polar surface area (TPSA) is 31.2 Å². The van der Waals surface area contributed by atoms with Gasteiger partial charge in [-0.3, -0.25) is 4.79 Å². The van der Waals surface area contributed by atoms with Gasteiger partial charge in [0.15, 0.2) is 21.0 Å². The van der Waals surface area contributed by atoms with Gasteiger partial charge in [0.2, 0.25) is 0 Å². The lowest BCUT2D eigenvalue weighted by atomic mass is 9.93. The SMILES string of the molecule is CCc1cc(=O)c2cc(F)c(-c3cccc(C(C)(C)O[SiH2]C(C)(C)C)c3)c(F)c2n1CC. The summed E-state index contributed by atoms with van der Waals surface area (Å²) in [4.78, 5) is 12.6. The highest BCUT2D eigenvalue weighted by molar-refractivity contribution is 6.31. The first kappa shape index (κ1) is 24.3. The van der Waals surface area contributed by atoms with Crippen LogP contribution in [0.4, 0.5) is 8.78 Å². The maximum absolute atomic E-state index is 15.9. The largest absolute Gasteiger partial charge is 0.415 e. The number of nitrogens with zero attached hydrogens (tertiary/aromatic N) is 1. The number of aryl methyl sites for hydroxylation is 2. The summed E-state index contributed by atoms with van der Waals surface area (Å²) in [5.41, 5.74) is 1.15. The third-order valence-corrected chi connectivity index (χ3v) is 7.50. The van der Waals surface area contributed by atoms with Gasteiger partial charge in [-0.1, -0.05) is 45.9 Å². The molecule has 3 nitrogen and oxygen atoms in total. The van der Waals surface area contributed by atoms with E-state index in [-0.39, 0.29) is 26.9 Å². The minimum atomic E-state index is -0.824. The molecule has 1 aromatic heterocycles. The van der Waals surface area contributed by atoms with Gasteiger partial charge in [-0.2, -0.15) is 0 Å². The molecule has 0 aliphatic carbocycles. The molecule has 3 aromatic rings. The van der Waals surface area contributed by atoms with Crippen molar-refractivity contribution < 1.29 is 13.2 Å². The number of halogens is 2. The molecule has 6 heteroatoms. The van der Waals surface area contributed by atoms with E-state index in [1.807, 2.05) is 33.8 Å². The number of benzene rings is 2. The Kier molecular flexibility index (Phi) is 6.77. The van der Waals surface area contributed by atoms with Crippen molar-refractivity contribution in [2.24, 2.45) is 0 Å². The van der Waals surface area contributed by atoms with Crippen LogP contribution in [-0.4, -0.2) is 14.3 Å². The molecule has 1 heterocycles. The number of pyridine rings is 1. The van der Waals surface area contributed by atoms with E-state index in [1.54, 1.807) is 22.8 Å². The summed E-state index contributed by atoms with van der Waals surface area (Å²) in [7, 11) is -0.824. The second-order valence-electron chi connectivity index (χ2n) is 9.98. The van der Waals surface area contributed by atoms with Crippen LogP contribution < -0.4 is 5.43 Å². The third-order valence-electron chi connectivity index (χ3n) is 5.76. The molecule has 0 saturated heterocycles. The average molecular weight is 458 g/mol. The molecule has 3 rings (SSSR count). The normalized spacial score (nSPS) is 12.9. The molecule has 32 heavy (non-hydrogen) atoms. The lowest BCUT2D eigenvalue weighted by Crippen LogP contribution is -2.27. The molecule has 0 radical (unpaired) electrons. The Morgan fingerprint density at radius 1 is 1.03 bits per heavy atom. The Morgan fingerprint density at radius 3 is 2.31 bits per heavy atom. The molecule has 0 N–H and O–H groups in total. The van der Waals surface area contributed by atoms with Gasteiger partial charge in [-0.05, 0) is 55.5 Å². The zero-order chi connectivity index (χ0) is 23.8. The maximum atomic E-state index is 15.9. The molecule has 172 valence electrons. The Hall–Kier alpha value is -2.31. The van der Waals surface area contributed by atoms with E-state index in [4.69, 9.17) is 4.43 Å². The molecule has 2 aromatic carbocycles. The number of rotatable bonds is 6. The highest BCUT2D eigenvalue weighted by Crippen LogP contribution is 2.35. The molecule has 0 atom stereocenters. The van der Waals surface area contributed by atoms with Crippen LogP contribution in [0.25, 0.3) is 22.0 Å². The molecule has 0 fully saturated rings. The fraction of sp³-hybridized carbons (Fsp3) is 0.423. The molecular weight excluding hydrogens is 424 g/mol. The summed E-state index contributed by atoms with van der Waals surface area (Å²) in [6.45, 7) is 14.7. The smallest absolute Gasteiger partial charge is 0.189 e. The molecule has 0 bridgehead atoms. The maximum Gasteiger partial charge on any atom is 0.189 e. The number of fused-ring (bicyclic) bond motifs is 1. The summed E-state index contributed by atoms with van der Waals surface area (Å²) >= 11 is 0. The zero-order valence-corrected chi connectivity index (χ0v) is 21.5. The molecule has 0 aliphatic rings. The van der Waals surface area contributed by atoms with E-state index in [0.717, 1.165) is 11.3 Å². The second-order valence-corrected chi connectivity index (χ2v) is 12.7. The Morgan fingerprint density at radius 2 is 1.72 bits per heavy atom. The number of hydrogen-bond acceptors (Lipinski definition) is 2. The van der Waals surface area contributed by atoms with Gasteiger partial charge in [0.1, 0.15) is 5.82 Å². The predicted octanol–water partition coefficient (Wildman–Crippen LogP) is 6.08. The fourth-order valence-corrected chi connectivity index (χ4v) is 4.92. The molecule has 0 spiro atoms. The Bertz CT molecular complexity index is 1210. The number of aromatic nitrogens is 1. The highest BCUT2D eigenvalue weighted by Gasteiger charge is 2.26. The molecule has 0 amide bonds. The van der Waals surface area contributed by atoms with Crippen LogP contribution in [0.3, 0.4) is 0 Å². The minimum absolute atomic E-state index is 0.0683. The van der Waals surface area contributed by atoms with Gasteiger partial charge in [0.25, 0.3) is 0 Å². The molecule has 0 unspecified atom stereocenters. The van der Waals surface area contributed by atoms with E-state index in [0.29, 0.717) is 18.5 Å².